The second-order valence-electron chi connectivity index (χ2n) is 11.4. The van der Waals surface area contributed by atoms with Crippen LogP contribution in [0.4, 0.5) is 0 Å². The highest BCUT2D eigenvalue weighted by Gasteiger charge is 2.52. The van der Waals surface area contributed by atoms with Crippen molar-refractivity contribution in [1.82, 2.24) is 8.61 Å². The molecule has 0 amide bonds. The Hall–Kier alpha value is -4.22. The summed E-state index contributed by atoms with van der Waals surface area (Å²) in [5.41, 5.74) is 4.12. The maximum Gasteiger partial charge on any atom is 0.244 e. The molecule has 0 spiro atoms. The van der Waals surface area contributed by atoms with E-state index in [1.807, 2.05) is 13.8 Å². The van der Waals surface area contributed by atoms with Crippen LogP contribution in [0.15, 0.2) is 131 Å². The quantitative estimate of drug-likeness (QED) is 0.178. The van der Waals surface area contributed by atoms with Crippen LogP contribution in [0, 0.1) is 13.8 Å². The molecule has 1 saturated carbocycles. The summed E-state index contributed by atoms with van der Waals surface area (Å²) in [5.74, 6) is 1.26. The predicted molar refractivity (Wildman–Crippen MR) is 180 cm³/mol. The van der Waals surface area contributed by atoms with Crippen LogP contribution in [0.2, 0.25) is 0 Å². The molecule has 1 fully saturated rings. The molecule has 10 heteroatoms. The molecule has 46 heavy (non-hydrogen) atoms. The second-order valence-corrected chi connectivity index (χ2v) is 15.1. The minimum Gasteiger partial charge on any atom is -0.497 e. The van der Waals surface area contributed by atoms with Crippen LogP contribution in [0.1, 0.15) is 22.3 Å². The monoisotopic (exact) mass is 658 g/mol. The van der Waals surface area contributed by atoms with E-state index < -0.39 is 32.1 Å². The van der Waals surface area contributed by atoms with Crippen molar-refractivity contribution in [3.05, 3.63) is 144 Å². The molecule has 0 saturated heterocycles. The van der Waals surface area contributed by atoms with Gasteiger partial charge in [0.2, 0.25) is 20.0 Å². The molecule has 8 nitrogen and oxygen atoms in total. The van der Waals surface area contributed by atoms with E-state index in [-0.39, 0.29) is 22.9 Å². The minimum atomic E-state index is -4.15. The van der Waals surface area contributed by atoms with Crippen LogP contribution < -0.4 is 9.47 Å². The SMILES string of the molecule is C=C1C(=C)[C@H](N(Cc2ccc(OC)cc2)S(=O)(=O)c2ccc(C)cc2)[C@H]1N(Cc1ccc(OC)cc1)S(=O)(=O)c1ccc(C)cc1. The van der Waals surface area contributed by atoms with Crippen LogP contribution in [0.3, 0.4) is 0 Å². The topological polar surface area (TPSA) is 93.2 Å². The molecule has 0 bridgehead atoms. The van der Waals surface area contributed by atoms with E-state index in [2.05, 4.69) is 13.2 Å². The number of benzene rings is 4. The lowest BCUT2D eigenvalue weighted by Gasteiger charge is -2.50. The molecule has 0 N–H and O–H groups in total. The molecule has 1 aliphatic carbocycles. The molecule has 0 aromatic heterocycles. The minimum absolute atomic E-state index is 0.0331. The summed E-state index contributed by atoms with van der Waals surface area (Å²) in [7, 11) is -5.18. The van der Waals surface area contributed by atoms with E-state index >= 15 is 0 Å². The van der Waals surface area contributed by atoms with Crippen LogP contribution in [0.5, 0.6) is 11.5 Å². The molecule has 4 aromatic carbocycles. The van der Waals surface area contributed by atoms with Crippen LogP contribution in [0.25, 0.3) is 0 Å². The molecule has 2 atom stereocenters. The molecule has 0 unspecified atom stereocenters. The fraction of sp³-hybridized carbons (Fsp3) is 0.222. The number of hydrogen-bond acceptors (Lipinski definition) is 6. The van der Waals surface area contributed by atoms with Gasteiger partial charge in [0.25, 0.3) is 0 Å². The van der Waals surface area contributed by atoms with Crippen molar-refractivity contribution in [1.29, 1.82) is 0 Å². The van der Waals surface area contributed by atoms with Crippen molar-refractivity contribution in [2.75, 3.05) is 14.2 Å². The Labute approximate surface area is 272 Å². The van der Waals surface area contributed by atoms with Gasteiger partial charge in [0, 0.05) is 13.1 Å². The van der Waals surface area contributed by atoms with E-state index in [1.165, 1.54) is 8.61 Å². The van der Waals surface area contributed by atoms with Gasteiger partial charge in [0.15, 0.2) is 0 Å². The summed E-state index contributed by atoms with van der Waals surface area (Å²) >= 11 is 0. The Morgan fingerprint density at radius 3 is 1.13 bits per heavy atom. The number of aryl methyl sites for hydroxylation is 2. The first-order valence-electron chi connectivity index (χ1n) is 14.7. The fourth-order valence-electron chi connectivity index (χ4n) is 5.51. The Bertz CT molecular complexity index is 1790. The van der Waals surface area contributed by atoms with Crippen LogP contribution in [-0.2, 0) is 33.1 Å². The Kier molecular flexibility index (Phi) is 9.55. The third-order valence-electron chi connectivity index (χ3n) is 8.30. The standard InChI is InChI=1S/C36H38N2O6S2/c1-25-7-19-33(20-8-25)45(39,40)37(23-29-11-15-31(43-5)16-12-29)35-27(3)28(4)36(35)38(24-30-13-17-32(44-6)18-14-30)46(41,42)34-21-9-26(2)10-22-34/h7-22,35-36H,3-4,23-24H2,1-2,5-6H3/t35-,36-/m0/s1. The van der Waals surface area contributed by atoms with Crippen molar-refractivity contribution < 1.29 is 26.3 Å². The summed E-state index contributed by atoms with van der Waals surface area (Å²) < 4.78 is 71.1. The second kappa shape index (κ2) is 13.3. The van der Waals surface area contributed by atoms with Gasteiger partial charge in [0.05, 0.1) is 36.1 Å². The first-order valence-corrected chi connectivity index (χ1v) is 17.6. The maximum absolute atomic E-state index is 14.5. The number of methoxy groups -OCH3 is 2. The Morgan fingerprint density at radius 1 is 0.543 bits per heavy atom. The first-order chi connectivity index (χ1) is 21.9. The van der Waals surface area contributed by atoms with Crippen molar-refractivity contribution in [3.63, 3.8) is 0 Å². The molecular formula is C36H38N2O6S2. The van der Waals surface area contributed by atoms with Gasteiger partial charge < -0.3 is 9.47 Å². The fourth-order valence-corrected chi connectivity index (χ4v) is 8.73. The van der Waals surface area contributed by atoms with Crippen molar-refractivity contribution in [2.45, 2.75) is 48.8 Å². The van der Waals surface area contributed by atoms with Gasteiger partial charge in [-0.3, -0.25) is 0 Å². The number of nitrogens with zero attached hydrogens (tertiary/aromatic N) is 2. The third kappa shape index (κ3) is 6.52. The van der Waals surface area contributed by atoms with Crippen LogP contribution in [-0.4, -0.2) is 51.7 Å². The Morgan fingerprint density at radius 2 is 0.848 bits per heavy atom. The van der Waals surface area contributed by atoms with Gasteiger partial charge in [0.1, 0.15) is 11.5 Å². The maximum atomic E-state index is 14.5. The van der Waals surface area contributed by atoms with Gasteiger partial charge >= 0.3 is 0 Å². The zero-order chi connectivity index (χ0) is 33.2. The highest BCUT2D eigenvalue weighted by Crippen LogP contribution is 2.44. The molecule has 0 aliphatic heterocycles. The zero-order valence-corrected chi connectivity index (χ0v) is 28.0. The summed E-state index contributed by atoms with van der Waals surface area (Å²) in [6, 6.07) is 25.6. The average molecular weight is 659 g/mol. The van der Waals surface area contributed by atoms with Gasteiger partial charge in [-0.15, -0.1) is 0 Å². The molecule has 4 aromatic rings. The summed E-state index contributed by atoms with van der Waals surface area (Å²) in [5, 5.41) is 0. The van der Waals surface area contributed by atoms with E-state index in [1.54, 1.807) is 111 Å². The van der Waals surface area contributed by atoms with Gasteiger partial charge in [-0.25, -0.2) is 16.8 Å². The highest BCUT2D eigenvalue weighted by molar-refractivity contribution is 7.89. The zero-order valence-electron chi connectivity index (χ0n) is 26.4. The van der Waals surface area contributed by atoms with E-state index in [0.29, 0.717) is 33.8 Å². The Balaban J connectivity index is 1.64. The number of hydrogen-bond donors (Lipinski definition) is 0. The average Bonchev–Trinajstić information content (AvgIpc) is 3.06. The third-order valence-corrected chi connectivity index (χ3v) is 12.0. The molecule has 0 radical (unpaired) electrons. The van der Waals surface area contributed by atoms with Crippen molar-refractivity contribution in [3.8, 4) is 11.5 Å². The van der Waals surface area contributed by atoms with E-state index in [9.17, 15) is 16.8 Å². The summed E-state index contributed by atoms with van der Waals surface area (Å²) in [6.45, 7) is 12.1. The molecule has 0 heterocycles. The van der Waals surface area contributed by atoms with Crippen molar-refractivity contribution in [2.24, 2.45) is 0 Å². The number of ether oxygens (including phenoxy) is 2. The normalized spacial score (nSPS) is 16.8. The lowest BCUT2D eigenvalue weighted by molar-refractivity contribution is 0.195. The summed E-state index contributed by atoms with van der Waals surface area (Å²) in [4.78, 5) is 0.192. The van der Waals surface area contributed by atoms with Crippen molar-refractivity contribution >= 4 is 20.0 Å². The first kappa shape index (κ1) is 33.2. The highest BCUT2D eigenvalue weighted by atomic mass is 32.2. The van der Waals surface area contributed by atoms with Gasteiger partial charge in [-0.2, -0.15) is 8.61 Å². The molecule has 5 rings (SSSR count). The molecular weight excluding hydrogens is 621 g/mol. The largest absolute Gasteiger partial charge is 0.497 e. The van der Waals surface area contributed by atoms with Gasteiger partial charge in [-0.1, -0.05) is 72.8 Å². The van der Waals surface area contributed by atoms with Gasteiger partial charge in [-0.05, 0) is 84.7 Å². The lowest BCUT2D eigenvalue weighted by atomic mass is 9.76. The predicted octanol–water partition coefficient (Wildman–Crippen LogP) is 6.27. The van der Waals surface area contributed by atoms with E-state index in [4.69, 9.17) is 9.47 Å². The molecule has 1 aliphatic rings. The number of sulfonamides is 2. The van der Waals surface area contributed by atoms with E-state index in [0.717, 1.165) is 11.1 Å². The number of rotatable bonds is 12. The summed E-state index contributed by atoms with van der Waals surface area (Å²) in [6.07, 6.45) is 0. The molecule has 240 valence electrons. The smallest absolute Gasteiger partial charge is 0.244 e. The van der Waals surface area contributed by atoms with Crippen LogP contribution >= 0.6 is 0 Å². The lowest BCUT2D eigenvalue weighted by Crippen LogP contribution is -2.62.